The van der Waals surface area contributed by atoms with E-state index in [1.807, 2.05) is 78.9 Å². The second kappa shape index (κ2) is 10.6. The topological polar surface area (TPSA) is 99.6 Å². The van der Waals surface area contributed by atoms with Crippen molar-refractivity contribution in [1.29, 1.82) is 10.5 Å². The monoisotopic (exact) mass is 630 g/mol. The molecule has 0 spiro atoms. The van der Waals surface area contributed by atoms with E-state index >= 15 is 0 Å². The van der Waals surface area contributed by atoms with Crippen molar-refractivity contribution in [2.24, 2.45) is 0 Å². The van der Waals surface area contributed by atoms with Gasteiger partial charge >= 0.3 is 0 Å². The van der Waals surface area contributed by atoms with Gasteiger partial charge in [-0.15, -0.1) is 0 Å². The molecule has 49 heavy (non-hydrogen) atoms. The van der Waals surface area contributed by atoms with Crippen LogP contribution in [-0.4, -0.2) is 9.97 Å². The van der Waals surface area contributed by atoms with E-state index in [2.05, 4.69) is 68.5 Å². The number of rotatable bonds is 4. The van der Waals surface area contributed by atoms with Crippen LogP contribution in [-0.2, 0) is 5.41 Å². The molecule has 230 valence electrons. The molecule has 0 atom stereocenters. The Hall–Kier alpha value is -6.76. The number of fused-ring (bicyclic) bond motifs is 5. The molecule has 6 aromatic carbocycles. The summed E-state index contributed by atoms with van der Waals surface area (Å²) in [5, 5.41) is 21.1. The molecule has 0 saturated heterocycles. The van der Waals surface area contributed by atoms with Gasteiger partial charge in [0.25, 0.3) is 0 Å². The summed E-state index contributed by atoms with van der Waals surface area (Å²) in [4.78, 5) is 9.48. The highest BCUT2D eigenvalue weighted by Crippen LogP contribution is 2.49. The lowest BCUT2D eigenvalue weighted by atomic mass is 9.81. The molecule has 1 aliphatic carbocycles. The molecule has 6 nitrogen and oxygen atoms in total. The zero-order chi connectivity index (χ0) is 33.3. The summed E-state index contributed by atoms with van der Waals surface area (Å²) in [5.74, 6) is 0.826. The first-order valence-electron chi connectivity index (χ1n) is 16.0. The van der Waals surface area contributed by atoms with Crippen LogP contribution < -0.4 is 0 Å². The fourth-order valence-corrected chi connectivity index (χ4v) is 7.19. The van der Waals surface area contributed by atoms with Gasteiger partial charge in [-0.05, 0) is 99.6 Å². The second-order valence-electron chi connectivity index (χ2n) is 12.9. The smallest absolute Gasteiger partial charge is 0.227 e. The van der Waals surface area contributed by atoms with Crippen LogP contribution in [0.3, 0.4) is 0 Å². The van der Waals surface area contributed by atoms with Crippen molar-refractivity contribution >= 4 is 22.2 Å². The van der Waals surface area contributed by atoms with Crippen molar-refractivity contribution in [3.63, 3.8) is 0 Å². The van der Waals surface area contributed by atoms with Gasteiger partial charge < -0.3 is 8.83 Å². The third-order valence-electron chi connectivity index (χ3n) is 9.60. The first kappa shape index (κ1) is 28.5. The minimum atomic E-state index is -0.176. The summed E-state index contributed by atoms with van der Waals surface area (Å²) in [6.07, 6.45) is 0. The highest BCUT2D eigenvalue weighted by molar-refractivity contribution is 5.89. The molecule has 0 radical (unpaired) electrons. The normalized spacial score (nSPS) is 12.8. The molecule has 0 aliphatic heterocycles. The minimum Gasteiger partial charge on any atom is -0.436 e. The Labute approximate surface area is 282 Å². The van der Waals surface area contributed by atoms with Crippen LogP contribution in [0.25, 0.3) is 78.5 Å². The van der Waals surface area contributed by atoms with Crippen LogP contribution in [0.15, 0.2) is 130 Å². The molecule has 0 bridgehead atoms. The first-order valence-corrected chi connectivity index (χ1v) is 16.0. The van der Waals surface area contributed by atoms with E-state index < -0.39 is 0 Å². The Bertz CT molecular complexity index is 2540. The summed E-state index contributed by atoms with van der Waals surface area (Å²) >= 11 is 0. The molecule has 9 rings (SSSR count). The molecule has 2 aromatic heterocycles. The number of nitriles is 2. The van der Waals surface area contributed by atoms with Gasteiger partial charge in [0.1, 0.15) is 11.0 Å². The van der Waals surface area contributed by atoms with Crippen molar-refractivity contribution in [3.8, 4) is 68.4 Å². The quantitative estimate of drug-likeness (QED) is 0.192. The average Bonchev–Trinajstić information content (AvgIpc) is 3.84. The Morgan fingerprint density at radius 3 is 1.63 bits per heavy atom. The van der Waals surface area contributed by atoms with E-state index in [1.54, 1.807) is 0 Å². The van der Waals surface area contributed by atoms with Crippen molar-refractivity contribution in [2.75, 3.05) is 0 Å². The summed E-state index contributed by atoms with van der Waals surface area (Å²) < 4.78 is 12.3. The van der Waals surface area contributed by atoms with Crippen molar-refractivity contribution in [2.45, 2.75) is 19.3 Å². The van der Waals surface area contributed by atoms with E-state index in [4.69, 9.17) is 18.8 Å². The Balaban J connectivity index is 1.22. The second-order valence-corrected chi connectivity index (χ2v) is 12.9. The molecule has 2 heterocycles. The first-order chi connectivity index (χ1) is 23.9. The number of oxazole rings is 2. The summed E-state index contributed by atoms with van der Waals surface area (Å²) in [5.41, 5.74) is 12.6. The van der Waals surface area contributed by atoms with Gasteiger partial charge in [-0.3, -0.25) is 0 Å². The maximum absolute atomic E-state index is 10.6. The van der Waals surface area contributed by atoms with E-state index in [0.717, 1.165) is 22.2 Å². The fourth-order valence-electron chi connectivity index (χ4n) is 7.19. The fraction of sp³-hybridized carbons (Fsp3) is 0.0698. The minimum absolute atomic E-state index is 0.176. The molecular formula is C43H26N4O2. The largest absolute Gasteiger partial charge is 0.436 e. The van der Waals surface area contributed by atoms with Crippen LogP contribution in [0.5, 0.6) is 0 Å². The number of hydrogen-bond acceptors (Lipinski definition) is 6. The molecule has 0 unspecified atom stereocenters. The standard InChI is InChI=1S/C43H26N4O2/c1-43(2)34-10-4-3-9-32(34)33-16-15-25(22-35(33)43)26-17-30(23-44)40(31(18-26)24-45)27-19-28(41-46-36-11-5-7-13-38(36)48-41)21-29(20-27)42-47-37-12-6-8-14-39(37)49-42/h3-22H,1-2H3. The van der Waals surface area contributed by atoms with Crippen molar-refractivity contribution in [1.82, 2.24) is 9.97 Å². The third-order valence-corrected chi connectivity index (χ3v) is 9.60. The lowest BCUT2D eigenvalue weighted by molar-refractivity contribution is 0.617. The number of nitrogens with zero attached hydrogens (tertiary/aromatic N) is 4. The molecule has 0 N–H and O–H groups in total. The Morgan fingerprint density at radius 2 is 1.04 bits per heavy atom. The van der Waals surface area contributed by atoms with E-state index in [-0.39, 0.29) is 5.41 Å². The van der Waals surface area contributed by atoms with Gasteiger partial charge in [0, 0.05) is 22.1 Å². The van der Waals surface area contributed by atoms with Gasteiger partial charge in [-0.25, -0.2) is 9.97 Å². The highest BCUT2D eigenvalue weighted by atomic mass is 16.4. The zero-order valence-corrected chi connectivity index (χ0v) is 26.7. The van der Waals surface area contributed by atoms with Crippen LogP contribution >= 0.6 is 0 Å². The number of benzene rings is 6. The predicted molar refractivity (Wildman–Crippen MR) is 190 cm³/mol. The van der Waals surface area contributed by atoms with Crippen molar-refractivity contribution < 1.29 is 8.83 Å². The van der Waals surface area contributed by atoms with Crippen LogP contribution in [0.2, 0.25) is 0 Å². The number of aromatic nitrogens is 2. The molecule has 8 aromatic rings. The van der Waals surface area contributed by atoms with E-state index in [0.29, 0.717) is 56.3 Å². The van der Waals surface area contributed by atoms with Crippen LogP contribution in [0.1, 0.15) is 36.1 Å². The number of hydrogen-bond donors (Lipinski definition) is 0. The SMILES string of the molecule is CC1(C)c2ccccc2-c2ccc(-c3cc(C#N)c(-c4cc(-c5nc6ccccc6o5)cc(-c5nc6ccccc6o5)c4)c(C#N)c3)cc21. The maximum Gasteiger partial charge on any atom is 0.227 e. The summed E-state index contributed by atoms with van der Waals surface area (Å²) in [6, 6.07) is 44.4. The highest BCUT2D eigenvalue weighted by Gasteiger charge is 2.35. The molecule has 1 aliphatic rings. The van der Waals surface area contributed by atoms with E-state index in [9.17, 15) is 10.5 Å². The zero-order valence-electron chi connectivity index (χ0n) is 26.7. The average molecular weight is 631 g/mol. The predicted octanol–water partition coefficient (Wildman–Crippen LogP) is 10.7. The van der Waals surface area contributed by atoms with Gasteiger partial charge in [0.2, 0.25) is 11.8 Å². The number of para-hydroxylation sites is 4. The molecule has 6 heteroatoms. The molecule has 0 fully saturated rings. The van der Waals surface area contributed by atoms with Gasteiger partial charge in [0.05, 0.1) is 23.3 Å². The summed E-state index contributed by atoms with van der Waals surface area (Å²) in [6.45, 7) is 4.48. The van der Waals surface area contributed by atoms with Crippen molar-refractivity contribution in [3.05, 3.63) is 144 Å². The third kappa shape index (κ3) is 4.47. The van der Waals surface area contributed by atoms with Crippen LogP contribution in [0, 0.1) is 22.7 Å². The van der Waals surface area contributed by atoms with E-state index in [1.165, 1.54) is 22.3 Å². The van der Waals surface area contributed by atoms with Gasteiger partial charge in [0.15, 0.2) is 11.2 Å². The lowest BCUT2D eigenvalue weighted by Gasteiger charge is -2.22. The van der Waals surface area contributed by atoms with Gasteiger partial charge in [-0.2, -0.15) is 10.5 Å². The molecule has 0 amide bonds. The Kier molecular flexibility index (Phi) is 6.18. The van der Waals surface area contributed by atoms with Gasteiger partial charge in [-0.1, -0.05) is 74.5 Å². The van der Waals surface area contributed by atoms with Crippen LogP contribution in [0.4, 0.5) is 0 Å². The maximum atomic E-state index is 10.6. The lowest BCUT2D eigenvalue weighted by Crippen LogP contribution is -2.14. The Morgan fingerprint density at radius 1 is 0.510 bits per heavy atom. The molecule has 0 saturated carbocycles. The molecular weight excluding hydrogens is 604 g/mol. The summed E-state index contributed by atoms with van der Waals surface area (Å²) in [7, 11) is 0.